The molecule has 6 heteroatoms. The second kappa shape index (κ2) is 8.04. The fourth-order valence-corrected chi connectivity index (χ4v) is 2.17. The number of nitrogens with two attached hydrogens (primary N) is 1. The highest BCUT2D eigenvalue weighted by atomic mass is 32.2. The summed E-state index contributed by atoms with van der Waals surface area (Å²) in [5.41, 5.74) is 5.30. The van der Waals surface area contributed by atoms with E-state index in [-0.39, 0.29) is 12.3 Å². The maximum Gasteiger partial charge on any atom is 0.154 e. The van der Waals surface area contributed by atoms with Gasteiger partial charge < -0.3 is 15.2 Å². The second-order valence-corrected chi connectivity index (χ2v) is 5.91. The van der Waals surface area contributed by atoms with Crippen LogP contribution >= 0.6 is 0 Å². The van der Waals surface area contributed by atoms with Crippen LogP contribution in [0.4, 0.5) is 0 Å². The van der Waals surface area contributed by atoms with E-state index in [1.165, 1.54) is 0 Å². The number of hydrogen-bond donors (Lipinski definition) is 1. The lowest BCUT2D eigenvalue weighted by Gasteiger charge is -2.10. The highest BCUT2D eigenvalue weighted by Crippen LogP contribution is 2.02. The molecule has 0 saturated heterocycles. The van der Waals surface area contributed by atoms with Crippen LogP contribution in [0.15, 0.2) is 0 Å². The Morgan fingerprint density at radius 3 is 2.47 bits per heavy atom. The van der Waals surface area contributed by atoms with Gasteiger partial charge in [0.15, 0.2) is 9.84 Å². The molecular weight excluding hydrogens is 218 g/mol. The van der Waals surface area contributed by atoms with Crippen LogP contribution in [0.25, 0.3) is 0 Å². The lowest BCUT2D eigenvalue weighted by molar-refractivity contribution is 0.0712. The largest absolute Gasteiger partial charge is 0.382 e. The minimum atomic E-state index is -3.04. The molecule has 0 aromatic heterocycles. The molecule has 1 unspecified atom stereocenters. The van der Waals surface area contributed by atoms with E-state index < -0.39 is 15.1 Å². The van der Waals surface area contributed by atoms with E-state index in [4.69, 9.17) is 15.2 Å². The molecule has 0 radical (unpaired) electrons. The van der Waals surface area contributed by atoms with Gasteiger partial charge in [-0.2, -0.15) is 0 Å². The van der Waals surface area contributed by atoms with Crippen molar-refractivity contribution in [3.63, 3.8) is 0 Å². The van der Waals surface area contributed by atoms with Gasteiger partial charge in [0.05, 0.1) is 24.2 Å². The van der Waals surface area contributed by atoms with Crippen LogP contribution in [0, 0.1) is 0 Å². The summed E-state index contributed by atoms with van der Waals surface area (Å²) in [7, 11) is -1.45. The number of rotatable bonds is 9. The quantitative estimate of drug-likeness (QED) is 0.564. The summed E-state index contributed by atoms with van der Waals surface area (Å²) >= 11 is 0. The predicted octanol–water partition coefficient (Wildman–Crippen LogP) is -0.198. The molecule has 15 heavy (non-hydrogen) atoms. The van der Waals surface area contributed by atoms with Crippen molar-refractivity contribution >= 4 is 9.84 Å². The fourth-order valence-electron chi connectivity index (χ4n) is 0.954. The molecule has 0 fully saturated rings. The maximum absolute atomic E-state index is 11.5. The summed E-state index contributed by atoms with van der Waals surface area (Å²) in [6.07, 6.45) is 0.510. The van der Waals surface area contributed by atoms with Gasteiger partial charge in [0, 0.05) is 20.3 Å². The molecule has 0 saturated carbocycles. The monoisotopic (exact) mass is 239 g/mol. The Labute approximate surface area is 91.9 Å². The SMILES string of the molecule is COCCOCCCS(=O)(=O)C(C)CN. The number of ether oxygens (including phenoxy) is 2. The predicted molar refractivity (Wildman–Crippen MR) is 59.6 cm³/mol. The van der Waals surface area contributed by atoms with Gasteiger partial charge in [0.1, 0.15) is 0 Å². The first-order valence-electron chi connectivity index (χ1n) is 5.03. The Morgan fingerprint density at radius 1 is 1.27 bits per heavy atom. The van der Waals surface area contributed by atoms with Crippen LogP contribution in [0.3, 0.4) is 0 Å². The summed E-state index contributed by atoms with van der Waals surface area (Å²) in [5.74, 6) is 0.137. The molecule has 0 rings (SSSR count). The second-order valence-electron chi connectivity index (χ2n) is 3.37. The molecule has 2 N–H and O–H groups in total. The first kappa shape index (κ1) is 14.8. The Kier molecular flexibility index (Phi) is 7.95. The standard InChI is InChI=1S/C9H21NO4S/c1-9(8-10)15(11,12)7-3-4-14-6-5-13-2/h9H,3-8,10H2,1-2H3. The minimum Gasteiger partial charge on any atom is -0.382 e. The summed E-state index contributed by atoms with van der Waals surface area (Å²) in [4.78, 5) is 0. The molecule has 0 aromatic carbocycles. The lowest BCUT2D eigenvalue weighted by Crippen LogP contribution is -2.29. The third-order valence-electron chi connectivity index (χ3n) is 2.09. The fraction of sp³-hybridized carbons (Fsp3) is 1.00. The first-order chi connectivity index (χ1) is 7.04. The zero-order valence-corrected chi connectivity index (χ0v) is 10.3. The molecule has 0 heterocycles. The van der Waals surface area contributed by atoms with Gasteiger partial charge in [-0.25, -0.2) is 8.42 Å². The highest BCUT2D eigenvalue weighted by molar-refractivity contribution is 7.92. The van der Waals surface area contributed by atoms with Crippen molar-refractivity contribution in [1.82, 2.24) is 0 Å². The van der Waals surface area contributed by atoms with Crippen LogP contribution in [0.1, 0.15) is 13.3 Å². The first-order valence-corrected chi connectivity index (χ1v) is 6.74. The van der Waals surface area contributed by atoms with E-state index in [9.17, 15) is 8.42 Å². The topological polar surface area (TPSA) is 78.6 Å². The average Bonchev–Trinajstić information content (AvgIpc) is 2.22. The van der Waals surface area contributed by atoms with Crippen molar-refractivity contribution in [2.24, 2.45) is 5.73 Å². The molecular formula is C9H21NO4S. The Hall–Kier alpha value is -0.170. The zero-order valence-electron chi connectivity index (χ0n) is 9.44. The van der Waals surface area contributed by atoms with Crippen molar-refractivity contribution in [1.29, 1.82) is 0 Å². The number of sulfone groups is 1. The zero-order chi connectivity index (χ0) is 11.7. The normalized spacial score (nSPS) is 14.1. The van der Waals surface area contributed by atoms with Crippen LogP contribution in [-0.2, 0) is 19.3 Å². The van der Waals surface area contributed by atoms with E-state index in [1.54, 1.807) is 14.0 Å². The van der Waals surface area contributed by atoms with Crippen LogP contribution in [0.5, 0.6) is 0 Å². The average molecular weight is 239 g/mol. The Morgan fingerprint density at radius 2 is 1.93 bits per heavy atom. The summed E-state index contributed by atoms with van der Waals surface area (Å²) in [6, 6.07) is 0. The summed E-state index contributed by atoms with van der Waals surface area (Å²) < 4.78 is 32.9. The van der Waals surface area contributed by atoms with Crippen molar-refractivity contribution in [3.8, 4) is 0 Å². The third kappa shape index (κ3) is 6.83. The Balaban J connectivity index is 3.58. The molecule has 0 aliphatic carbocycles. The molecule has 0 amide bonds. The van der Waals surface area contributed by atoms with E-state index in [0.29, 0.717) is 26.2 Å². The number of hydrogen-bond acceptors (Lipinski definition) is 5. The molecule has 0 aliphatic rings. The molecule has 0 aliphatic heterocycles. The molecule has 92 valence electrons. The van der Waals surface area contributed by atoms with Crippen molar-refractivity contribution in [3.05, 3.63) is 0 Å². The summed E-state index contributed by atoms with van der Waals surface area (Å²) in [6.45, 7) is 3.28. The molecule has 5 nitrogen and oxygen atoms in total. The van der Waals surface area contributed by atoms with E-state index >= 15 is 0 Å². The highest BCUT2D eigenvalue weighted by Gasteiger charge is 2.18. The number of methoxy groups -OCH3 is 1. The minimum absolute atomic E-state index is 0.137. The smallest absolute Gasteiger partial charge is 0.154 e. The van der Waals surface area contributed by atoms with E-state index in [0.717, 1.165) is 0 Å². The van der Waals surface area contributed by atoms with Gasteiger partial charge in [0.2, 0.25) is 0 Å². The molecule has 0 aromatic rings. The molecule has 0 bridgehead atoms. The van der Waals surface area contributed by atoms with Gasteiger partial charge >= 0.3 is 0 Å². The van der Waals surface area contributed by atoms with E-state index in [1.807, 2.05) is 0 Å². The van der Waals surface area contributed by atoms with Crippen LogP contribution in [-0.4, -0.2) is 52.9 Å². The van der Waals surface area contributed by atoms with Crippen LogP contribution < -0.4 is 5.73 Å². The van der Waals surface area contributed by atoms with E-state index in [2.05, 4.69) is 0 Å². The molecule has 1 atom stereocenters. The van der Waals surface area contributed by atoms with Gasteiger partial charge in [-0.05, 0) is 13.3 Å². The van der Waals surface area contributed by atoms with Gasteiger partial charge in [-0.1, -0.05) is 0 Å². The third-order valence-corrected chi connectivity index (χ3v) is 4.37. The van der Waals surface area contributed by atoms with Crippen molar-refractivity contribution in [2.45, 2.75) is 18.6 Å². The van der Waals surface area contributed by atoms with Gasteiger partial charge in [-0.15, -0.1) is 0 Å². The lowest BCUT2D eigenvalue weighted by atomic mass is 10.5. The van der Waals surface area contributed by atoms with Crippen molar-refractivity contribution in [2.75, 3.05) is 39.2 Å². The van der Waals surface area contributed by atoms with Crippen molar-refractivity contribution < 1.29 is 17.9 Å². The van der Waals surface area contributed by atoms with Gasteiger partial charge in [-0.3, -0.25) is 0 Å². The van der Waals surface area contributed by atoms with Crippen LogP contribution in [0.2, 0.25) is 0 Å². The molecule has 0 spiro atoms. The maximum atomic E-state index is 11.5. The van der Waals surface area contributed by atoms with Gasteiger partial charge in [0.25, 0.3) is 0 Å². The Bertz CT molecular complexity index is 240. The summed E-state index contributed by atoms with van der Waals surface area (Å²) in [5, 5.41) is -0.462.